The zero-order valence-corrected chi connectivity index (χ0v) is 17.2. The molecule has 3 unspecified atom stereocenters. The number of aromatic nitrogens is 3. The van der Waals surface area contributed by atoms with Crippen molar-refractivity contribution in [1.82, 2.24) is 19.9 Å². The van der Waals surface area contributed by atoms with Crippen LogP contribution in [0.3, 0.4) is 0 Å². The lowest BCUT2D eigenvalue weighted by atomic mass is 9.92. The van der Waals surface area contributed by atoms with Crippen LogP contribution in [0.4, 0.5) is 10.2 Å². The number of benzene rings is 1. The van der Waals surface area contributed by atoms with Crippen molar-refractivity contribution in [2.24, 2.45) is 0 Å². The van der Waals surface area contributed by atoms with Crippen molar-refractivity contribution in [3.8, 4) is 0 Å². The van der Waals surface area contributed by atoms with Crippen molar-refractivity contribution in [2.75, 3.05) is 11.4 Å². The lowest BCUT2D eigenvalue weighted by molar-refractivity contribution is 0.0712. The van der Waals surface area contributed by atoms with Crippen LogP contribution in [0.1, 0.15) is 60.6 Å². The molecule has 0 spiro atoms. The van der Waals surface area contributed by atoms with E-state index < -0.39 is 6.10 Å². The van der Waals surface area contributed by atoms with Crippen LogP contribution in [0.5, 0.6) is 0 Å². The lowest BCUT2D eigenvalue weighted by Gasteiger charge is -2.28. The summed E-state index contributed by atoms with van der Waals surface area (Å²) in [5.41, 5.74) is 1.85. The highest BCUT2D eigenvalue weighted by Crippen LogP contribution is 2.35. The lowest BCUT2D eigenvalue weighted by Crippen LogP contribution is -2.45. The summed E-state index contributed by atoms with van der Waals surface area (Å²) in [5, 5.41) is 17.8. The molecule has 162 valence electrons. The molecule has 0 bridgehead atoms. The molecule has 5 rings (SSSR count). The molecule has 31 heavy (non-hydrogen) atoms. The normalized spacial score (nSPS) is 23.9. The topological polar surface area (TPSA) is 82.8 Å². The number of hydrogen-bond donors (Lipinski definition) is 2. The molecule has 1 saturated heterocycles. The Labute approximate surface area is 179 Å². The van der Waals surface area contributed by atoms with Crippen molar-refractivity contribution in [3.63, 3.8) is 0 Å². The largest absolute Gasteiger partial charge is 0.391 e. The number of amides is 1. The molecule has 7 nitrogen and oxygen atoms in total. The smallest absolute Gasteiger partial charge is 0.271 e. The number of halogens is 1. The number of fused-ring (bicyclic) bond motifs is 1. The zero-order valence-electron chi connectivity index (χ0n) is 17.2. The quantitative estimate of drug-likeness (QED) is 0.673. The number of carbonyl (C=O) groups is 1. The van der Waals surface area contributed by atoms with Crippen LogP contribution in [0.25, 0.3) is 5.65 Å². The van der Waals surface area contributed by atoms with E-state index in [2.05, 4.69) is 15.2 Å². The predicted molar refractivity (Wildman–Crippen MR) is 114 cm³/mol. The van der Waals surface area contributed by atoms with Gasteiger partial charge in [0.15, 0.2) is 11.3 Å². The number of rotatable bonds is 4. The molecule has 3 aromatic rings. The van der Waals surface area contributed by atoms with Gasteiger partial charge in [0.05, 0.1) is 24.4 Å². The Kier molecular flexibility index (Phi) is 5.31. The van der Waals surface area contributed by atoms with E-state index in [0.29, 0.717) is 17.8 Å². The maximum atomic E-state index is 13.8. The minimum absolute atomic E-state index is 0.0406. The van der Waals surface area contributed by atoms with Gasteiger partial charge in [-0.25, -0.2) is 13.9 Å². The Hall–Kier alpha value is -3.00. The molecule has 1 aromatic carbocycles. The van der Waals surface area contributed by atoms with Gasteiger partial charge in [-0.1, -0.05) is 25.0 Å². The van der Waals surface area contributed by atoms with E-state index in [4.69, 9.17) is 5.10 Å². The van der Waals surface area contributed by atoms with Gasteiger partial charge >= 0.3 is 0 Å². The van der Waals surface area contributed by atoms with Crippen molar-refractivity contribution in [2.45, 2.75) is 56.7 Å². The fraction of sp³-hybridized carbons (Fsp3) is 0.435. The van der Waals surface area contributed by atoms with Crippen LogP contribution in [0.2, 0.25) is 0 Å². The number of imidazole rings is 1. The van der Waals surface area contributed by atoms with Gasteiger partial charge in [-0.2, -0.15) is 0 Å². The number of aliphatic hydroxyl groups is 1. The third kappa shape index (κ3) is 3.87. The molecule has 1 amide bonds. The van der Waals surface area contributed by atoms with E-state index in [0.717, 1.165) is 50.0 Å². The van der Waals surface area contributed by atoms with Crippen molar-refractivity contribution in [1.29, 1.82) is 0 Å². The van der Waals surface area contributed by atoms with Gasteiger partial charge in [-0.15, -0.1) is 5.10 Å². The summed E-state index contributed by atoms with van der Waals surface area (Å²) in [5.74, 6) is 0.196. The SMILES string of the molecule is O=C(NC1CCCCC1O)c1cnc2ccc(N3CCCC3c3cccc(F)c3)nn12. The van der Waals surface area contributed by atoms with Gasteiger partial charge in [0, 0.05) is 6.54 Å². The minimum Gasteiger partial charge on any atom is -0.391 e. The number of nitrogens with zero attached hydrogens (tertiary/aromatic N) is 4. The van der Waals surface area contributed by atoms with Crippen LogP contribution < -0.4 is 10.2 Å². The fourth-order valence-electron chi connectivity index (χ4n) is 4.79. The van der Waals surface area contributed by atoms with Gasteiger partial charge in [-0.3, -0.25) is 4.79 Å². The Morgan fingerprint density at radius 1 is 1.13 bits per heavy atom. The number of aliphatic hydroxyl groups excluding tert-OH is 1. The third-order valence-corrected chi connectivity index (χ3v) is 6.41. The van der Waals surface area contributed by atoms with Gasteiger partial charge in [-0.05, 0) is 55.5 Å². The Morgan fingerprint density at radius 2 is 2.00 bits per heavy atom. The average molecular weight is 423 g/mol. The number of nitrogens with one attached hydrogen (secondary N) is 1. The van der Waals surface area contributed by atoms with Gasteiger partial charge in [0.2, 0.25) is 0 Å². The van der Waals surface area contributed by atoms with Crippen LogP contribution in [0, 0.1) is 5.82 Å². The van der Waals surface area contributed by atoms with E-state index in [1.54, 1.807) is 16.6 Å². The number of carbonyl (C=O) groups excluding carboxylic acids is 1. The summed E-state index contributed by atoms with van der Waals surface area (Å²) < 4.78 is 15.3. The van der Waals surface area contributed by atoms with Crippen molar-refractivity contribution >= 4 is 17.4 Å². The second-order valence-corrected chi connectivity index (χ2v) is 8.44. The number of anilines is 1. The summed E-state index contributed by atoms with van der Waals surface area (Å²) >= 11 is 0. The molecule has 1 aliphatic heterocycles. The molecule has 1 aliphatic carbocycles. The molecular weight excluding hydrogens is 397 g/mol. The van der Waals surface area contributed by atoms with Gasteiger partial charge in [0.25, 0.3) is 5.91 Å². The van der Waals surface area contributed by atoms with Crippen molar-refractivity contribution in [3.05, 3.63) is 59.7 Å². The van der Waals surface area contributed by atoms with E-state index in [1.165, 1.54) is 12.3 Å². The molecule has 2 aliphatic rings. The maximum absolute atomic E-state index is 13.8. The highest BCUT2D eigenvalue weighted by molar-refractivity contribution is 5.93. The summed E-state index contributed by atoms with van der Waals surface area (Å²) in [7, 11) is 0. The fourth-order valence-corrected chi connectivity index (χ4v) is 4.79. The monoisotopic (exact) mass is 423 g/mol. The Bertz CT molecular complexity index is 1100. The average Bonchev–Trinajstić information content (AvgIpc) is 3.42. The predicted octanol–water partition coefficient (Wildman–Crippen LogP) is 3.24. The molecule has 3 atom stereocenters. The Morgan fingerprint density at radius 3 is 2.84 bits per heavy atom. The first kappa shape index (κ1) is 19.9. The standard InChI is InChI=1S/C23H26FN5O2/c24-16-6-3-5-15(13-16)18-8-4-12-28(18)22-11-10-21-25-14-19(29(21)27-22)23(31)26-17-7-1-2-9-20(17)30/h3,5-6,10-11,13-14,17-18,20,30H,1-2,4,7-9,12H2,(H,26,31). The van der Waals surface area contributed by atoms with Crippen molar-refractivity contribution < 1.29 is 14.3 Å². The molecule has 2 aromatic heterocycles. The second-order valence-electron chi connectivity index (χ2n) is 8.44. The molecule has 2 fully saturated rings. The summed E-state index contributed by atoms with van der Waals surface area (Å²) in [6.07, 6.45) is 6.35. The molecule has 2 N–H and O–H groups in total. The highest BCUT2D eigenvalue weighted by Gasteiger charge is 2.29. The summed E-state index contributed by atoms with van der Waals surface area (Å²) in [4.78, 5) is 19.4. The molecule has 3 heterocycles. The van der Waals surface area contributed by atoms with E-state index in [-0.39, 0.29) is 23.8 Å². The van der Waals surface area contributed by atoms with Crippen LogP contribution in [0.15, 0.2) is 42.6 Å². The second kappa shape index (κ2) is 8.26. The first-order chi connectivity index (χ1) is 15.1. The van der Waals surface area contributed by atoms with Crippen LogP contribution in [-0.2, 0) is 0 Å². The van der Waals surface area contributed by atoms with Crippen LogP contribution in [-0.4, -0.2) is 44.3 Å². The zero-order chi connectivity index (χ0) is 21.4. The molecule has 8 heteroatoms. The first-order valence-electron chi connectivity index (χ1n) is 11.0. The summed E-state index contributed by atoms with van der Waals surface area (Å²) in [6.45, 7) is 0.810. The van der Waals surface area contributed by atoms with E-state index >= 15 is 0 Å². The molecular formula is C23H26FN5O2. The van der Waals surface area contributed by atoms with Crippen LogP contribution >= 0.6 is 0 Å². The minimum atomic E-state index is -0.517. The third-order valence-electron chi connectivity index (χ3n) is 6.41. The van der Waals surface area contributed by atoms with E-state index in [1.807, 2.05) is 18.2 Å². The van der Waals surface area contributed by atoms with E-state index in [9.17, 15) is 14.3 Å². The first-order valence-corrected chi connectivity index (χ1v) is 11.0. The van der Waals surface area contributed by atoms with Gasteiger partial charge in [0.1, 0.15) is 11.6 Å². The summed E-state index contributed by atoms with van der Waals surface area (Å²) in [6, 6.07) is 10.2. The molecule has 0 radical (unpaired) electrons. The van der Waals surface area contributed by atoms with Gasteiger partial charge < -0.3 is 15.3 Å². The highest BCUT2D eigenvalue weighted by atomic mass is 19.1. The Balaban J connectivity index is 1.42. The maximum Gasteiger partial charge on any atom is 0.271 e. The molecule has 1 saturated carbocycles. The number of hydrogen-bond acceptors (Lipinski definition) is 5.